The van der Waals surface area contributed by atoms with Gasteiger partial charge in [-0.2, -0.15) is 0 Å². The fourth-order valence-electron chi connectivity index (χ4n) is 1.33. The van der Waals surface area contributed by atoms with Gasteiger partial charge in [0.2, 0.25) is 0 Å². The summed E-state index contributed by atoms with van der Waals surface area (Å²) in [7, 11) is 2.23. The van der Waals surface area contributed by atoms with E-state index in [2.05, 4.69) is 19.5 Å². The second-order valence-corrected chi connectivity index (χ2v) is 3.77. The Morgan fingerprint density at radius 3 is 2.14 bits per heavy atom. The Labute approximate surface area is 123 Å². The molecule has 0 fully saturated rings. The molecule has 1 aromatic carbocycles. The molecule has 0 saturated heterocycles. The van der Waals surface area contributed by atoms with Crippen LogP contribution >= 0.6 is 0 Å². The highest BCUT2D eigenvalue weighted by Crippen LogP contribution is 2.24. The number of nitrogens with one attached hydrogen (secondary N) is 1. The van der Waals surface area contributed by atoms with Gasteiger partial charge < -0.3 is 19.5 Å². The second kappa shape index (κ2) is 7.34. The molecule has 0 heterocycles. The zero-order valence-corrected chi connectivity index (χ0v) is 11.6. The van der Waals surface area contributed by atoms with Crippen LogP contribution in [-0.4, -0.2) is 32.5 Å². The SMILES string of the molecule is COC(=O)/C=C(\Nc1ccc(OC(F)(F)F)cc1)C(=O)OC. The summed E-state index contributed by atoms with van der Waals surface area (Å²) < 4.78 is 48.6. The molecule has 1 rings (SSSR count). The lowest BCUT2D eigenvalue weighted by Crippen LogP contribution is -2.17. The minimum atomic E-state index is -4.79. The maximum atomic E-state index is 12.0. The van der Waals surface area contributed by atoms with E-state index in [0.717, 1.165) is 32.4 Å². The number of anilines is 1. The van der Waals surface area contributed by atoms with Crippen molar-refractivity contribution in [2.24, 2.45) is 0 Å². The van der Waals surface area contributed by atoms with Crippen molar-refractivity contribution in [1.29, 1.82) is 0 Å². The van der Waals surface area contributed by atoms with Crippen molar-refractivity contribution in [3.05, 3.63) is 36.0 Å². The zero-order valence-electron chi connectivity index (χ0n) is 11.6. The summed E-state index contributed by atoms with van der Waals surface area (Å²) in [6.07, 6.45) is -3.94. The highest BCUT2D eigenvalue weighted by molar-refractivity contribution is 5.98. The number of halogens is 3. The van der Waals surface area contributed by atoms with Crippen molar-refractivity contribution in [1.82, 2.24) is 0 Å². The molecule has 0 atom stereocenters. The summed E-state index contributed by atoms with van der Waals surface area (Å²) in [6.45, 7) is 0. The number of benzene rings is 1. The number of alkyl halides is 3. The van der Waals surface area contributed by atoms with Gasteiger partial charge in [-0.1, -0.05) is 0 Å². The van der Waals surface area contributed by atoms with Crippen LogP contribution < -0.4 is 10.1 Å². The lowest BCUT2D eigenvalue weighted by atomic mass is 10.3. The quantitative estimate of drug-likeness (QED) is 0.663. The van der Waals surface area contributed by atoms with Gasteiger partial charge in [0.25, 0.3) is 0 Å². The van der Waals surface area contributed by atoms with Crippen molar-refractivity contribution in [3.63, 3.8) is 0 Å². The Bertz CT molecular complexity index is 566. The lowest BCUT2D eigenvalue weighted by Gasteiger charge is -2.11. The van der Waals surface area contributed by atoms with Crippen LogP contribution in [0.3, 0.4) is 0 Å². The van der Waals surface area contributed by atoms with Gasteiger partial charge in [0, 0.05) is 5.69 Å². The Morgan fingerprint density at radius 2 is 1.68 bits per heavy atom. The number of rotatable bonds is 5. The van der Waals surface area contributed by atoms with Gasteiger partial charge in [-0.3, -0.25) is 0 Å². The van der Waals surface area contributed by atoms with E-state index in [9.17, 15) is 22.8 Å². The van der Waals surface area contributed by atoms with Crippen molar-refractivity contribution in [2.75, 3.05) is 19.5 Å². The van der Waals surface area contributed by atoms with Crippen LogP contribution in [0.25, 0.3) is 0 Å². The van der Waals surface area contributed by atoms with Gasteiger partial charge in [0.1, 0.15) is 11.4 Å². The summed E-state index contributed by atoms with van der Waals surface area (Å²) in [5.74, 6) is -2.07. The minimum absolute atomic E-state index is 0.237. The minimum Gasteiger partial charge on any atom is -0.466 e. The topological polar surface area (TPSA) is 73.9 Å². The van der Waals surface area contributed by atoms with Gasteiger partial charge in [0.15, 0.2) is 0 Å². The number of hydrogen-bond donors (Lipinski definition) is 1. The number of hydrogen-bond acceptors (Lipinski definition) is 6. The zero-order chi connectivity index (χ0) is 16.8. The third kappa shape index (κ3) is 5.73. The molecule has 0 radical (unpaired) electrons. The first-order valence-electron chi connectivity index (χ1n) is 5.76. The highest BCUT2D eigenvalue weighted by Gasteiger charge is 2.30. The molecule has 1 aromatic rings. The molecule has 0 aliphatic carbocycles. The van der Waals surface area contributed by atoms with E-state index >= 15 is 0 Å². The Morgan fingerprint density at radius 1 is 1.09 bits per heavy atom. The van der Waals surface area contributed by atoms with Crippen molar-refractivity contribution >= 4 is 17.6 Å². The number of carbonyl (C=O) groups is 2. The van der Waals surface area contributed by atoms with E-state index in [1.165, 1.54) is 12.1 Å². The van der Waals surface area contributed by atoms with Crippen LogP contribution in [-0.2, 0) is 19.1 Å². The molecule has 0 saturated carbocycles. The van der Waals surface area contributed by atoms with Crippen molar-refractivity contribution in [2.45, 2.75) is 6.36 Å². The average molecular weight is 319 g/mol. The molecule has 0 aromatic heterocycles. The highest BCUT2D eigenvalue weighted by atomic mass is 19.4. The van der Waals surface area contributed by atoms with Crippen molar-refractivity contribution in [3.8, 4) is 5.75 Å². The van der Waals surface area contributed by atoms with E-state index in [-0.39, 0.29) is 11.4 Å². The molecule has 22 heavy (non-hydrogen) atoms. The third-order valence-electron chi connectivity index (χ3n) is 2.24. The Hall–Kier alpha value is -2.71. The summed E-state index contributed by atoms with van der Waals surface area (Å²) in [6, 6.07) is 4.55. The van der Waals surface area contributed by atoms with E-state index in [0.29, 0.717) is 0 Å². The van der Waals surface area contributed by atoms with Crippen LogP contribution in [0.5, 0.6) is 5.75 Å². The maximum Gasteiger partial charge on any atom is 0.573 e. The molecule has 0 spiro atoms. The summed E-state index contributed by atoms with van der Waals surface area (Å²) in [5.41, 5.74) is 0.00826. The van der Waals surface area contributed by atoms with Crippen molar-refractivity contribution < 1.29 is 37.0 Å². The monoisotopic (exact) mass is 319 g/mol. The molecule has 0 amide bonds. The predicted octanol–water partition coefficient (Wildman–Crippen LogP) is 2.23. The number of ether oxygens (including phenoxy) is 3. The Balaban J connectivity index is 2.88. The molecule has 120 valence electrons. The molecule has 1 N–H and O–H groups in total. The molecule has 0 aliphatic rings. The van der Waals surface area contributed by atoms with E-state index in [1.807, 2.05) is 0 Å². The number of methoxy groups -OCH3 is 2. The van der Waals surface area contributed by atoms with E-state index in [4.69, 9.17) is 0 Å². The van der Waals surface area contributed by atoms with Crippen LogP contribution in [0.2, 0.25) is 0 Å². The molecule has 0 unspecified atom stereocenters. The molecule has 0 aliphatic heterocycles. The molecular formula is C13H12F3NO5. The molecule has 0 bridgehead atoms. The fraction of sp³-hybridized carbons (Fsp3) is 0.231. The van der Waals surface area contributed by atoms with E-state index in [1.54, 1.807) is 0 Å². The standard InChI is InChI=1S/C13H12F3NO5/c1-20-11(18)7-10(12(19)21-2)17-8-3-5-9(6-4-8)22-13(14,15)16/h3-7,17H,1-2H3/b10-7-. The van der Waals surface area contributed by atoms with Gasteiger partial charge in [-0.25, -0.2) is 9.59 Å². The number of carbonyl (C=O) groups excluding carboxylic acids is 2. The maximum absolute atomic E-state index is 12.0. The lowest BCUT2D eigenvalue weighted by molar-refractivity contribution is -0.274. The first-order chi connectivity index (χ1) is 10.2. The Kier molecular flexibility index (Phi) is 5.79. The van der Waals surface area contributed by atoms with Gasteiger partial charge >= 0.3 is 18.3 Å². The molecule has 9 heteroatoms. The first kappa shape index (κ1) is 17.3. The van der Waals surface area contributed by atoms with Crippen LogP contribution in [0, 0.1) is 0 Å². The second-order valence-electron chi connectivity index (χ2n) is 3.77. The number of esters is 2. The third-order valence-corrected chi connectivity index (χ3v) is 2.24. The van der Waals surface area contributed by atoms with Crippen LogP contribution in [0.15, 0.2) is 36.0 Å². The van der Waals surface area contributed by atoms with Crippen LogP contribution in [0.4, 0.5) is 18.9 Å². The summed E-state index contributed by atoms with van der Waals surface area (Å²) in [5, 5.41) is 2.53. The molecular weight excluding hydrogens is 307 g/mol. The smallest absolute Gasteiger partial charge is 0.466 e. The van der Waals surface area contributed by atoms with Gasteiger partial charge in [-0.05, 0) is 24.3 Å². The fourth-order valence-corrected chi connectivity index (χ4v) is 1.33. The molecule has 6 nitrogen and oxygen atoms in total. The average Bonchev–Trinajstić information content (AvgIpc) is 2.46. The van der Waals surface area contributed by atoms with Crippen LogP contribution in [0.1, 0.15) is 0 Å². The van der Waals surface area contributed by atoms with E-state index < -0.39 is 24.1 Å². The van der Waals surface area contributed by atoms with Gasteiger partial charge in [-0.15, -0.1) is 13.2 Å². The summed E-state index contributed by atoms with van der Waals surface area (Å²) in [4.78, 5) is 22.6. The summed E-state index contributed by atoms with van der Waals surface area (Å²) >= 11 is 0. The first-order valence-corrected chi connectivity index (χ1v) is 5.76. The van der Waals surface area contributed by atoms with Gasteiger partial charge in [0.05, 0.1) is 20.3 Å². The normalized spacial score (nSPS) is 11.6. The predicted molar refractivity (Wildman–Crippen MR) is 68.9 cm³/mol. The largest absolute Gasteiger partial charge is 0.573 e.